The van der Waals surface area contributed by atoms with Crippen LogP contribution in [-0.4, -0.2) is 106 Å². The lowest BCUT2D eigenvalue weighted by molar-refractivity contribution is -0.0366. The molecule has 6 aliphatic rings. The van der Waals surface area contributed by atoms with Crippen LogP contribution in [0.25, 0.3) is 0 Å². The summed E-state index contributed by atoms with van der Waals surface area (Å²) in [6.45, 7) is 17.0. The highest BCUT2D eigenvalue weighted by molar-refractivity contribution is 7.03. The Labute approximate surface area is 275 Å². The molecule has 0 saturated carbocycles. The fourth-order valence-electron chi connectivity index (χ4n) is 5.99. The summed E-state index contributed by atoms with van der Waals surface area (Å²) in [6.07, 6.45) is 0.911. The largest absolute Gasteiger partial charge is 0.481 e. The Hall–Kier alpha value is 1.14. The molecule has 15 nitrogen and oxygen atoms in total. The molecular weight excluding hydrogens is 729 g/mol. The van der Waals surface area contributed by atoms with Crippen LogP contribution in [0.5, 0.6) is 0 Å². The summed E-state index contributed by atoms with van der Waals surface area (Å²) in [4.78, 5) is 0. The first-order valence-corrected chi connectivity index (χ1v) is 31.4. The van der Waals surface area contributed by atoms with Crippen LogP contribution >= 0.6 is 0 Å². The van der Waals surface area contributed by atoms with E-state index in [2.05, 4.69) is 0 Å². The molecule has 6 heterocycles. The molecule has 0 radical (unpaired) electrons. The van der Waals surface area contributed by atoms with Gasteiger partial charge in [0.1, 0.15) is 0 Å². The van der Waals surface area contributed by atoms with Crippen molar-refractivity contribution in [1.29, 1.82) is 0 Å². The van der Waals surface area contributed by atoms with Gasteiger partial charge in [-0.05, 0) is 19.3 Å². The standard InChI is InChI=1S/C22H52O15Si8/c1-19(2)42-27-38(9)26-39(16-10-13-23)30-44(36-42,21(5)6)34-41(18-12-15-25)29-40(32-42,17-11-14-24)33-43(28-38,20(3)4)37-45(31-39,35-41)22(7)8/h19-25H,10-18H2,1-9H3. The van der Waals surface area contributed by atoms with Gasteiger partial charge in [-0.1, -0.05) is 55.4 Å². The number of hydrogen-bond acceptors (Lipinski definition) is 15. The molecule has 23 heteroatoms. The molecular formula is C22H52O15Si8. The van der Waals surface area contributed by atoms with Crippen molar-refractivity contribution in [3.63, 3.8) is 0 Å². The fourth-order valence-corrected chi connectivity index (χ4v) is 57.6. The van der Waals surface area contributed by atoms with E-state index < -0.39 is 70.4 Å². The molecule has 0 amide bonds. The van der Waals surface area contributed by atoms with Crippen molar-refractivity contribution in [1.82, 2.24) is 0 Å². The van der Waals surface area contributed by atoms with Crippen LogP contribution in [-0.2, 0) is 49.4 Å². The zero-order valence-corrected chi connectivity index (χ0v) is 35.9. The van der Waals surface area contributed by atoms with Crippen LogP contribution in [0.1, 0.15) is 74.7 Å². The molecule has 262 valence electrons. The van der Waals surface area contributed by atoms with Gasteiger partial charge < -0.3 is 64.7 Å². The third kappa shape index (κ3) is 6.68. The second kappa shape index (κ2) is 13.0. The summed E-state index contributed by atoms with van der Waals surface area (Å²) in [6, 6.07) is 0.616. The Kier molecular flexibility index (Phi) is 10.8. The fraction of sp³-hybridized carbons (Fsp3) is 1.00. The highest BCUT2D eigenvalue weighted by atomic mass is 28.6. The van der Waals surface area contributed by atoms with Gasteiger partial charge in [-0.15, -0.1) is 0 Å². The quantitative estimate of drug-likeness (QED) is 0.233. The van der Waals surface area contributed by atoms with Gasteiger partial charge in [0.05, 0.1) is 0 Å². The number of aliphatic hydroxyl groups excluding tert-OH is 3. The Morgan fingerprint density at radius 2 is 0.644 bits per heavy atom. The second-order valence-corrected chi connectivity index (χ2v) is 40.2. The van der Waals surface area contributed by atoms with Crippen molar-refractivity contribution in [3.8, 4) is 0 Å². The molecule has 4 unspecified atom stereocenters. The van der Waals surface area contributed by atoms with Gasteiger partial charge in [-0.25, -0.2) is 0 Å². The monoisotopic (exact) mass is 780 g/mol. The highest BCUT2D eigenvalue weighted by Gasteiger charge is 2.84. The summed E-state index contributed by atoms with van der Waals surface area (Å²) in [7, 11) is -31.7. The van der Waals surface area contributed by atoms with E-state index in [1.807, 2.05) is 55.4 Å². The van der Waals surface area contributed by atoms with Crippen molar-refractivity contribution in [2.45, 2.75) is 121 Å². The van der Waals surface area contributed by atoms with E-state index in [9.17, 15) is 15.3 Å². The predicted molar refractivity (Wildman–Crippen MR) is 175 cm³/mol. The van der Waals surface area contributed by atoms with Crippen molar-refractivity contribution in [2.24, 2.45) is 0 Å². The van der Waals surface area contributed by atoms with E-state index in [-0.39, 0.29) is 60.1 Å². The van der Waals surface area contributed by atoms with Gasteiger partial charge in [0, 0.05) is 66.7 Å². The van der Waals surface area contributed by atoms with Crippen molar-refractivity contribution in [2.75, 3.05) is 19.8 Å². The summed E-state index contributed by atoms with van der Waals surface area (Å²) in [5.74, 6) is 0. The molecule has 6 rings (SSSR count). The average Bonchev–Trinajstić information content (AvgIpc) is 2.88. The molecule has 0 aromatic heterocycles. The van der Waals surface area contributed by atoms with Crippen molar-refractivity contribution >= 4 is 70.4 Å². The maximum atomic E-state index is 10.1. The maximum Gasteiger partial charge on any atom is 0.481 e. The van der Waals surface area contributed by atoms with Crippen molar-refractivity contribution < 1.29 is 64.7 Å². The van der Waals surface area contributed by atoms with Crippen LogP contribution in [0.15, 0.2) is 0 Å². The smallest absolute Gasteiger partial charge is 0.396 e. The average molecular weight is 781 g/mol. The third-order valence-corrected chi connectivity index (χ3v) is 46.3. The van der Waals surface area contributed by atoms with Gasteiger partial charge in [-0.2, -0.15) is 0 Å². The first kappa shape index (κ1) is 37.4. The number of rotatable bonds is 13. The first-order valence-electron chi connectivity index (χ1n) is 16.2. The minimum absolute atomic E-state index is 0.125. The number of aliphatic hydroxyl groups is 3. The first-order chi connectivity index (χ1) is 20.9. The molecule has 6 fully saturated rings. The summed E-state index contributed by atoms with van der Waals surface area (Å²) in [5.41, 5.74) is -1.35. The van der Waals surface area contributed by atoms with Gasteiger partial charge in [0.25, 0.3) is 0 Å². The molecule has 45 heavy (non-hydrogen) atoms. The summed E-state index contributed by atoms with van der Waals surface area (Å²) in [5, 5.41) is 30.2. The van der Waals surface area contributed by atoms with Gasteiger partial charge in [0.2, 0.25) is 0 Å². The summed E-state index contributed by atoms with van der Waals surface area (Å²) < 4.78 is 86.7. The zero-order chi connectivity index (χ0) is 33.2. The van der Waals surface area contributed by atoms with Crippen molar-refractivity contribution in [3.05, 3.63) is 0 Å². The Bertz CT molecular complexity index is 1020. The highest BCUT2D eigenvalue weighted by Crippen LogP contribution is 2.56. The Morgan fingerprint density at radius 3 is 0.911 bits per heavy atom. The SMILES string of the molecule is CC(C)[Si]12O[Si]3(C)O[Si]4(CCCO)O[Si](C(C)C)(O[Si]5(CCCO)O[Si](CCCO)(O1)O[Si](C(C)C)(O3)O[Si](C(C)C)(O4)O5)O2. The van der Waals surface area contributed by atoms with E-state index >= 15 is 0 Å². The molecule has 0 aliphatic carbocycles. The molecule has 3 N–H and O–H groups in total. The van der Waals surface area contributed by atoms with Crippen LogP contribution < -0.4 is 0 Å². The normalized spacial score (nSPS) is 46.1. The summed E-state index contributed by atoms with van der Waals surface area (Å²) >= 11 is 0. The molecule has 0 aromatic rings. The molecule has 0 spiro atoms. The van der Waals surface area contributed by atoms with Gasteiger partial charge in [-0.3, -0.25) is 0 Å². The Morgan fingerprint density at radius 1 is 0.378 bits per heavy atom. The molecule has 6 saturated heterocycles. The second-order valence-electron chi connectivity index (χ2n) is 13.7. The van der Waals surface area contributed by atoms with Crippen LogP contribution in [0.2, 0.25) is 46.8 Å². The lowest BCUT2D eigenvalue weighted by atomic mass is 10.5. The van der Waals surface area contributed by atoms with Gasteiger partial charge >= 0.3 is 70.4 Å². The molecule has 0 aromatic carbocycles. The minimum atomic E-state index is -4.03. The van der Waals surface area contributed by atoms with E-state index in [0.29, 0.717) is 19.3 Å². The van der Waals surface area contributed by atoms with E-state index in [0.717, 1.165) is 0 Å². The lowest BCUT2D eigenvalue weighted by Gasteiger charge is -2.64. The van der Waals surface area contributed by atoms with E-state index in [4.69, 9.17) is 49.4 Å². The van der Waals surface area contributed by atoms with Gasteiger partial charge in [0.15, 0.2) is 0 Å². The molecule has 4 atom stereocenters. The van der Waals surface area contributed by atoms with Crippen LogP contribution in [0.4, 0.5) is 0 Å². The van der Waals surface area contributed by atoms with Crippen LogP contribution in [0.3, 0.4) is 0 Å². The van der Waals surface area contributed by atoms with E-state index in [1.165, 1.54) is 0 Å². The topological polar surface area (TPSA) is 171 Å². The number of hydrogen-bond donors (Lipinski definition) is 3. The lowest BCUT2D eigenvalue weighted by Crippen LogP contribution is -2.89. The van der Waals surface area contributed by atoms with E-state index in [1.54, 1.807) is 6.55 Å². The zero-order valence-electron chi connectivity index (χ0n) is 27.9. The maximum absolute atomic E-state index is 10.1. The predicted octanol–water partition coefficient (Wildman–Crippen LogP) is 3.18. The molecule has 6 aliphatic heterocycles. The molecule has 8 bridgehead atoms. The Balaban J connectivity index is 1.90. The van der Waals surface area contributed by atoms with Crippen LogP contribution in [0, 0.1) is 0 Å². The minimum Gasteiger partial charge on any atom is -0.396 e. The third-order valence-electron chi connectivity index (χ3n) is 8.41.